The van der Waals surface area contributed by atoms with E-state index in [9.17, 15) is 4.79 Å². The fourth-order valence-corrected chi connectivity index (χ4v) is 0.613. The first kappa shape index (κ1) is 6.92. The lowest BCUT2D eigenvalue weighted by Crippen LogP contribution is -2.14. The zero-order valence-electron chi connectivity index (χ0n) is 5.98. The summed E-state index contributed by atoms with van der Waals surface area (Å²) in [5.74, 6) is 0.0148. The van der Waals surface area contributed by atoms with Crippen molar-refractivity contribution in [2.75, 3.05) is 0 Å². The first-order valence-electron chi connectivity index (χ1n) is 3.10. The standard InChI is InChI=1S/C6H9N3O/c1-5(2)6(10)9-3-7-8-4-9/h3-5H,1-2H3. The molecule has 0 atom stereocenters. The summed E-state index contributed by atoms with van der Waals surface area (Å²) < 4.78 is 1.38. The third kappa shape index (κ3) is 1.21. The predicted octanol–water partition coefficient (Wildman–Crippen LogP) is 0.574. The van der Waals surface area contributed by atoms with Crippen LogP contribution in [0, 0.1) is 5.92 Å². The number of rotatable bonds is 1. The van der Waals surface area contributed by atoms with E-state index in [1.54, 1.807) is 0 Å². The smallest absolute Gasteiger partial charge is 0.235 e. The average molecular weight is 139 g/mol. The van der Waals surface area contributed by atoms with E-state index in [1.165, 1.54) is 17.2 Å². The zero-order valence-corrected chi connectivity index (χ0v) is 5.98. The highest BCUT2D eigenvalue weighted by Gasteiger charge is 2.07. The van der Waals surface area contributed by atoms with Crippen LogP contribution in [0.25, 0.3) is 0 Å². The molecular weight excluding hydrogens is 130 g/mol. The second-order valence-electron chi connectivity index (χ2n) is 2.36. The van der Waals surface area contributed by atoms with Crippen molar-refractivity contribution in [1.29, 1.82) is 0 Å². The van der Waals surface area contributed by atoms with Gasteiger partial charge in [-0.25, -0.2) is 0 Å². The average Bonchev–Trinajstić information content (AvgIpc) is 2.36. The van der Waals surface area contributed by atoms with Crippen LogP contribution in [-0.2, 0) is 0 Å². The van der Waals surface area contributed by atoms with E-state index in [0.717, 1.165) is 0 Å². The third-order valence-corrected chi connectivity index (χ3v) is 1.17. The molecule has 0 spiro atoms. The van der Waals surface area contributed by atoms with E-state index in [0.29, 0.717) is 0 Å². The summed E-state index contributed by atoms with van der Waals surface area (Å²) in [7, 11) is 0. The molecule has 1 rings (SSSR count). The lowest BCUT2D eigenvalue weighted by Gasteiger charge is -2.00. The Morgan fingerprint density at radius 2 is 1.90 bits per heavy atom. The topological polar surface area (TPSA) is 47.8 Å². The number of aromatic nitrogens is 3. The van der Waals surface area contributed by atoms with Crippen molar-refractivity contribution in [2.45, 2.75) is 13.8 Å². The molecule has 0 aliphatic heterocycles. The molecule has 0 N–H and O–H groups in total. The summed E-state index contributed by atoms with van der Waals surface area (Å²) >= 11 is 0. The van der Waals surface area contributed by atoms with Gasteiger partial charge >= 0.3 is 0 Å². The molecule has 1 heterocycles. The maximum atomic E-state index is 11.1. The first-order chi connectivity index (χ1) is 4.72. The molecule has 0 saturated carbocycles. The van der Waals surface area contributed by atoms with E-state index in [4.69, 9.17) is 0 Å². The normalized spacial score (nSPS) is 10.3. The Balaban J connectivity index is 2.78. The van der Waals surface area contributed by atoms with Crippen LogP contribution < -0.4 is 0 Å². The van der Waals surface area contributed by atoms with Crippen molar-refractivity contribution >= 4 is 5.91 Å². The molecule has 54 valence electrons. The monoisotopic (exact) mass is 139 g/mol. The van der Waals surface area contributed by atoms with E-state index >= 15 is 0 Å². The minimum atomic E-state index is -0.00370. The van der Waals surface area contributed by atoms with Crippen molar-refractivity contribution in [3.63, 3.8) is 0 Å². The Morgan fingerprint density at radius 3 is 2.30 bits per heavy atom. The van der Waals surface area contributed by atoms with Gasteiger partial charge in [0.1, 0.15) is 12.7 Å². The van der Waals surface area contributed by atoms with Gasteiger partial charge in [-0.1, -0.05) is 13.8 Å². The van der Waals surface area contributed by atoms with Gasteiger partial charge in [0, 0.05) is 5.92 Å². The molecule has 0 fully saturated rings. The van der Waals surface area contributed by atoms with Crippen LogP contribution in [-0.4, -0.2) is 20.7 Å². The quantitative estimate of drug-likeness (QED) is 0.571. The SMILES string of the molecule is CC(C)C(=O)n1cnnc1. The molecule has 0 amide bonds. The molecule has 0 aliphatic rings. The van der Waals surface area contributed by atoms with Crippen molar-refractivity contribution in [2.24, 2.45) is 5.92 Å². The molecule has 1 aromatic rings. The maximum Gasteiger partial charge on any atom is 0.235 e. The van der Waals surface area contributed by atoms with Crippen molar-refractivity contribution in [3.8, 4) is 0 Å². The van der Waals surface area contributed by atoms with Crippen LogP contribution >= 0.6 is 0 Å². The van der Waals surface area contributed by atoms with Crippen LogP contribution in [0.3, 0.4) is 0 Å². The van der Waals surface area contributed by atoms with Gasteiger partial charge in [-0.05, 0) is 0 Å². The van der Waals surface area contributed by atoms with Crippen LogP contribution in [0.15, 0.2) is 12.7 Å². The predicted molar refractivity (Wildman–Crippen MR) is 35.5 cm³/mol. The molecule has 10 heavy (non-hydrogen) atoms. The second kappa shape index (κ2) is 2.60. The number of carbonyl (C=O) groups excluding carboxylic acids is 1. The summed E-state index contributed by atoms with van der Waals surface area (Å²) in [6.07, 6.45) is 2.81. The largest absolute Gasteiger partial charge is 0.274 e. The zero-order chi connectivity index (χ0) is 7.56. The Labute approximate surface area is 58.9 Å². The molecule has 4 heteroatoms. The number of nitrogens with zero attached hydrogens (tertiary/aromatic N) is 3. The van der Waals surface area contributed by atoms with Gasteiger partial charge in [0.25, 0.3) is 0 Å². The molecule has 0 aromatic carbocycles. The highest BCUT2D eigenvalue weighted by Crippen LogP contribution is 1.96. The lowest BCUT2D eigenvalue weighted by molar-refractivity contribution is 0.0854. The third-order valence-electron chi connectivity index (χ3n) is 1.17. The molecule has 0 unspecified atom stereocenters. The number of hydrogen-bond donors (Lipinski definition) is 0. The van der Waals surface area contributed by atoms with E-state index < -0.39 is 0 Å². The molecule has 0 saturated heterocycles. The molecule has 0 radical (unpaired) electrons. The van der Waals surface area contributed by atoms with Gasteiger partial charge in [0.15, 0.2) is 0 Å². The van der Waals surface area contributed by atoms with Gasteiger partial charge in [0.2, 0.25) is 5.91 Å². The van der Waals surface area contributed by atoms with Gasteiger partial charge in [-0.15, -0.1) is 10.2 Å². The molecule has 4 nitrogen and oxygen atoms in total. The summed E-state index contributed by atoms with van der Waals surface area (Å²) in [4.78, 5) is 11.1. The number of hydrogen-bond acceptors (Lipinski definition) is 3. The Kier molecular flexibility index (Phi) is 1.80. The van der Waals surface area contributed by atoms with Crippen LogP contribution in [0.5, 0.6) is 0 Å². The highest BCUT2D eigenvalue weighted by molar-refractivity contribution is 5.80. The number of carbonyl (C=O) groups is 1. The van der Waals surface area contributed by atoms with Crippen molar-refractivity contribution < 1.29 is 4.79 Å². The summed E-state index contributed by atoms with van der Waals surface area (Å²) in [6.45, 7) is 3.67. The summed E-state index contributed by atoms with van der Waals surface area (Å²) in [6, 6.07) is 0. The maximum absolute atomic E-state index is 11.1. The fourth-order valence-electron chi connectivity index (χ4n) is 0.613. The van der Waals surface area contributed by atoms with Crippen LogP contribution in [0.2, 0.25) is 0 Å². The van der Waals surface area contributed by atoms with Gasteiger partial charge in [-0.2, -0.15) is 0 Å². The minimum absolute atomic E-state index is 0.00370. The Bertz CT molecular complexity index is 215. The summed E-state index contributed by atoms with van der Waals surface area (Å²) in [5, 5.41) is 7.04. The lowest BCUT2D eigenvalue weighted by atomic mass is 10.2. The fraction of sp³-hybridized carbons (Fsp3) is 0.500. The Hall–Kier alpha value is -1.19. The molecule has 0 aliphatic carbocycles. The van der Waals surface area contributed by atoms with Gasteiger partial charge in [0.05, 0.1) is 0 Å². The highest BCUT2D eigenvalue weighted by atomic mass is 16.2. The van der Waals surface area contributed by atoms with E-state index in [-0.39, 0.29) is 11.8 Å². The second-order valence-corrected chi connectivity index (χ2v) is 2.36. The van der Waals surface area contributed by atoms with Crippen LogP contribution in [0.1, 0.15) is 18.6 Å². The van der Waals surface area contributed by atoms with Crippen molar-refractivity contribution in [3.05, 3.63) is 12.7 Å². The first-order valence-corrected chi connectivity index (χ1v) is 3.10. The van der Waals surface area contributed by atoms with Gasteiger partial charge in [-0.3, -0.25) is 9.36 Å². The molecule has 1 aromatic heterocycles. The van der Waals surface area contributed by atoms with Gasteiger partial charge < -0.3 is 0 Å². The summed E-state index contributed by atoms with van der Waals surface area (Å²) in [5.41, 5.74) is 0. The van der Waals surface area contributed by atoms with Crippen molar-refractivity contribution in [1.82, 2.24) is 14.8 Å². The van der Waals surface area contributed by atoms with E-state index in [1.807, 2.05) is 13.8 Å². The molecule has 0 bridgehead atoms. The molecular formula is C6H9N3O. The van der Waals surface area contributed by atoms with E-state index in [2.05, 4.69) is 10.2 Å². The minimum Gasteiger partial charge on any atom is -0.274 e. The Morgan fingerprint density at radius 1 is 1.40 bits per heavy atom. The van der Waals surface area contributed by atoms with Crippen LogP contribution in [0.4, 0.5) is 0 Å².